The summed E-state index contributed by atoms with van der Waals surface area (Å²) in [4.78, 5) is 3.33. The second-order valence-corrected chi connectivity index (χ2v) is 3.90. The normalized spacial score (nSPS) is 13.6. The zero-order chi connectivity index (χ0) is 11.0. The average Bonchev–Trinajstić information content (AvgIpc) is 2.37. The Kier molecular flexibility index (Phi) is 1.95. The summed E-state index contributed by atoms with van der Waals surface area (Å²) in [5, 5.41) is 2.47. The minimum absolute atomic E-state index is 0.645. The van der Waals surface area contributed by atoms with Crippen molar-refractivity contribution in [2.24, 2.45) is 0 Å². The van der Waals surface area contributed by atoms with Crippen LogP contribution in [0.5, 0.6) is 0 Å². The predicted molar refractivity (Wildman–Crippen MR) is 64.5 cm³/mol. The van der Waals surface area contributed by atoms with Crippen molar-refractivity contribution in [3.8, 4) is 0 Å². The fourth-order valence-corrected chi connectivity index (χ4v) is 2.26. The van der Waals surface area contributed by atoms with Crippen LogP contribution in [0.15, 0.2) is 48.6 Å². The molecule has 0 aliphatic heterocycles. The van der Waals surface area contributed by atoms with E-state index in [-0.39, 0.29) is 0 Å². The van der Waals surface area contributed by atoms with E-state index < -0.39 is 0 Å². The van der Waals surface area contributed by atoms with Gasteiger partial charge in [0.05, 0.1) is 5.56 Å². The number of nitrogens with zero attached hydrogens (tertiary/aromatic N) is 2. The molecule has 0 unspecified atom stereocenters. The van der Waals surface area contributed by atoms with Crippen molar-refractivity contribution < 1.29 is 4.79 Å². The Morgan fingerprint density at radius 2 is 1.94 bits per heavy atom. The third-order valence-electron chi connectivity index (χ3n) is 3.02. The highest BCUT2D eigenvalue weighted by Crippen LogP contribution is 2.25. The molecule has 2 heteroatoms. The highest BCUT2D eigenvalue weighted by atomic mass is 14.9. The van der Waals surface area contributed by atoms with E-state index in [4.69, 9.17) is 5.53 Å². The van der Waals surface area contributed by atoms with Crippen LogP contribution < -0.4 is 0 Å². The first kappa shape index (κ1) is 9.08. The van der Waals surface area contributed by atoms with Gasteiger partial charge in [-0.15, -0.1) is 0 Å². The minimum atomic E-state index is 0.645. The lowest BCUT2D eigenvalue weighted by Gasteiger charge is -2.10. The lowest BCUT2D eigenvalue weighted by atomic mass is 9.90. The van der Waals surface area contributed by atoms with Crippen LogP contribution >= 0.6 is 0 Å². The van der Waals surface area contributed by atoms with E-state index in [1.165, 1.54) is 16.3 Å². The molecule has 1 aliphatic carbocycles. The number of fused-ring (bicyclic) bond motifs is 3. The van der Waals surface area contributed by atoms with Gasteiger partial charge in [0.2, 0.25) is 0 Å². The van der Waals surface area contributed by atoms with Gasteiger partial charge in [-0.25, -0.2) is 0 Å². The van der Waals surface area contributed by atoms with Gasteiger partial charge < -0.3 is 5.53 Å². The third-order valence-corrected chi connectivity index (χ3v) is 3.02. The standard InChI is InChI=1S/C14H10N2/c15-16-14-7-3-6-12-11-5-2-1-4-10(11)8-9-13(12)14/h1-5,7-9H,6H2. The maximum atomic E-state index is 8.95. The summed E-state index contributed by atoms with van der Waals surface area (Å²) >= 11 is 0. The molecule has 0 saturated carbocycles. The summed E-state index contributed by atoms with van der Waals surface area (Å²) < 4.78 is 0. The molecule has 0 saturated heterocycles. The molecule has 76 valence electrons. The first-order valence-electron chi connectivity index (χ1n) is 5.30. The van der Waals surface area contributed by atoms with E-state index in [1.54, 1.807) is 0 Å². The SMILES string of the molecule is [N-]=[N+]=C1C=CCc2c1ccc1ccccc21. The Labute approximate surface area is 93.5 Å². The van der Waals surface area contributed by atoms with Crippen molar-refractivity contribution in [3.63, 3.8) is 0 Å². The molecule has 2 aromatic rings. The van der Waals surface area contributed by atoms with E-state index in [0.29, 0.717) is 5.71 Å². The average molecular weight is 206 g/mol. The molecule has 2 nitrogen and oxygen atoms in total. The monoisotopic (exact) mass is 206 g/mol. The summed E-state index contributed by atoms with van der Waals surface area (Å²) in [6.07, 6.45) is 4.79. The van der Waals surface area contributed by atoms with Crippen LogP contribution in [0.1, 0.15) is 11.1 Å². The number of rotatable bonds is 0. The van der Waals surface area contributed by atoms with Crippen LogP contribution in [-0.2, 0) is 6.42 Å². The number of benzene rings is 2. The van der Waals surface area contributed by atoms with Crippen LogP contribution in [0.25, 0.3) is 16.3 Å². The largest absolute Gasteiger partial charge is 0.361 e. The molecule has 0 aromatic heterocycles. The predicted octanol–water partition coefficient (Wildman–Crippen LogP) is 2.97. The Morgan fingerprint density at radius 3 is 2.81 bits per heavy atom. The van der Waals surface area contributed by atoms with Gasteiger partial charge in [0.15, 0.2) is 0 Å². The molecule has 1 aliphatic rings. The molecule has 0 fully saturated rings. The van der Waals surface area contributed by atoms with E-state index in [0.717, 1.165) is 12.0 Å². The number of allylic oxidation sites excluding steroid dienone is 2. The molecule has 2 aromatic carbocycles. The highest BCUT2D eigenvalue weighted by molar-refractivity contribution is 6.10. The van der Waals surface area contributed by atoms with Crippen LogP contribution in [-0.4, -0.2) is 10.5 Å². The molecule has 0 spiro atoms. The molecule has 0 atom stereocenters. The summed E-state index contributed by atoms with van der Waals surface area (Å²) in [6.45, 7) is 0. The van der Waals surface area contributed by atoms with E-state index in [2.05, 4.69) is 23.0 Å². The van der Waals surface area contributed by atoms with Gasteiger partial charge in [-0.2, -0.15) is 4.79 Å². The molecular formula is C14H10N2. The molecule has 0 heterocycles. The minimum Gasteiger partial charge on any atom is -0.361 e. The van der Waals surface area contributed by atoms with Crippen molar-refractivity contribution in [2.75, 3.05) is 0 Å². The Hall–Kier alpha value is -2.18. The molecule has 0 N–H and O–H groups in total. The zero-order valence-corrected chi connectivity index (χ0v) is 8.72. The zero-order valence-electron chi connectivity index (χ0n) is 8.72. The maximum Gasteiger partial charge on any atom is 0.322 e. The first-order valence-corrected chi connectivity index (χ1v) is 5.30. The molecule has 0 bridgehead atoms. The number of hydrogen-bond donors (Lipinski definition) is 0. The van der Waals surface area contributed by atoms with Crippen molar-refractivity contribution in [1.82, 2.24) is 0 Å². The van der Waals surface area contributed by atoms with Gasteiger partial charge in [0.1, 0.15) is 0 Å². The summed E-state index contributed by atoms with van der Waals surface area (Å²) in [5.74, 6) is 0. The topological polar surface area (TPSA) is 36.4 Å². The van der Waals surface area contributed by atoms with Crippen LogP contribution in [0.2, 0.25) is 0 Å². The maximum absolute atomic E-state index is 8.95. The number of hydrogen-bond acceptors (Lipinski definition) is 0. The lowest BCUT2D eigenvalue weighted by molar-refractivity contribution is -0.00231. The second-order valence-electron chi connectivity index (χ2n) is 3.90. The van der Waals surface area contributed by atoms with Gasteiger partial charge in [0, 0.05) is 6.08 Å². The second kappa shape index (κ2) is 3.44. The van der Waals surface area contributed by atoms with Crippen molar-refractivity contribution >= 4 is 16.5 Å². The van der Waals surface area contributed by atoms with Gasteiger partial charge >= 0.3 is 5.71 Å². The fraction of sp³-hybridized carbons (Fsp3) is 0.0714. The Bertz CT molecular complexity index is 647. The Morgan fingerprint density at radius 1 is 1.06 bits per heavy atom. The van der Waals surface area contributed by atoms with Crippen molar-refractivity contribution in [1.29, 1.82) is 0 Å². The van der Waals surface area contributed by atoms with Crippen LogP contribution in [0.3, 0.4) is 0 Å². The van der Waals surface area contributed by atoms with Gasteiger partial charge in [-0.1, -0.05) is 36.4 Å². The smallest absolute Gasteiger partial charge is 0.322 e. The highest BCUT2D eigenvalue weighted by Gasteiger charge is 2.18. The lowest BCUT2D eigenvalue weighted by Crippen LogP contribution is -2.08. The van der Waals surface area contributed by atoms with Gasteiger partial charge in [0.25, 0.3) is 0 Å². The molecule has 16 heavy (non-hydrogen) atoms. The van der Waals surface area contributed by atoms with E-state index in [9.17, 15) is 0 Å². The summed E-state index contributed by atoms with van der Waals surface area (Å²) in [5.41, 5.74) is 11.9. The molecule has 0 radical (unpaired) electrons. The van der Waals surface area contributed by atoms with Gasteiger partial charge in [-0.3, -0.25) is 0 Å². The van der Waals surface area contributed by atoms with E-state index in [1.807, 2.05) is 30.4 Å². The Balaban J connectivity index is 2.42. The van der Waals surface area contributed by atoms with Gasteiger partial charge in [-0.05, 0) is 28.8 Å². The van der Waals surface area contributed by atoms with Crippen LogP contribution in [0, 0.1) is 0 Å². The summed E-state index contributed by atoms with van der Waals surface area (Å²) in [7, 11) is 0. The quantitative estimate of drug-likeness (QED) is 0.469. The third kappa shape index (κ3) is 1.21. The van der Waals surface area contributed by atoms with Crippen LogP contribution in [0.4, 0.5) is 0 Å². The first-order chi connectivity index (χ1) is 7.90. The fourth-order valence-electron chi connectivity index (χ4n) is 2.26. The summed E-state index contributed by atoms with van der Waals surface area (Å²) in [6, 6.07) is 12.4. The molecule has 3 rings (SSSR count). The van der Waals surface area contributed by atoms with E-state index >= 15 is 0 Å². The molecule has 0 amide bonds. The van der Waals surface area contributed by atoms with Crippen molar-refractivity contribution in [3.05, 3.63) is 65.2 Å². The van der Waals surface area contributed by atoms with Crippen molar-refractivity contribution in [2.45, 2.75) is 6.42 Å². The molecular weight excluding hydrogens is 196 g/mol.